The summed E-state index contributed by atoms with van der Waals surface area (Å²) in [5.41, 5.74) is 1.13. The molecular formula is C17H25NO2. The first-order chi connectivity index (χ1) is 9.62. The zero-order chi connectivity index (χ0) is 14.6. The van der Waals surface area contributed by atoms with Crippen LogP contribution in [-0.2, 0) is 10.2 Å². The van der Waals surface area contributed by atoms with Crippen molar-refractivity contribution in [1.29, 1.82) is 0 Å². The molecule has 0 aromatic heterocycles. The Morgan fingerprint density at radius 1 is 1.25 bits per heavy atom. The molecule has 3 heteroatoms. The second-order valence-corrected chi connectivity index (χ2v) is 5.97. The number of ether oxygens (including phenoxy) is 1. The molecule has 1 amide bonds. The van der Waals surface area contributed by atoms with Crippen molar-refractivity contribution in [3.8, 4) is 5.75 Å². The van der Waals surface area contributed by atoms with Crippen LogP contribution in [0.5, 0.6) is 5.75 Å². The van der Waals surface area contributed by atoms with Crippen molar-refractivity contribution in [2.45, 2.75) is 56.9 Å². The first-order valence-corrected chi connectivity index (χ1v) is 7.48. The largest absolute Gasteiger partial charge is 0.497 e. The third-order valence-electron chi connectivity index (χ3n) is 5.25. The Bertz CT molecular complexity index is 457. The smallest absolute Gasteiger partial charge is 0.207 e. The fourth-order valence-electron chi connectivity index (χ4n) is 3.81. The minimum absolute atomic E-state index is 0.0207. The number of benzene rings is 1. The maximum atomic E-state index is 11.1. The van der Waals surface area contributed by atoms with E-state index < -0.39 is 0 Å². The maximum absolute atomic E-state index is 11.1. The molecule has 2 rings (SSSR count). The molecule has 0 aliphatic heterocycles. The van der Waals surface area contributed by atoms with Gasteiger partial charge in [-0.15, -0.1) is 0 Å². The van der Waals surface area contributed by atoms with Crippen LogP contribution in [0, 0.1) is 0 Å². The number of amides is 1. The van der Waals surface area contributed by atoms with Crippen LogP contribution in [0.2, 0.25) is 0 Å². The van der Waals surface area contributed by atoms with E-state index in [1.807, 2.05) is 12.1 Å². The molecule has 0 bridgehead atoms. The monoisotopic (exact) mass is 275 g/mol. The topological polar surface area (TPSA) is 38.3 Å². The molecule has 20 heavy (non-hydrogen) atoms. The van der Waals surface area contributed by atoms with Crippen molar-refractivity contribution >= 4 is 6.41 Å². The van der Waals surface area contributed by atoms with Crippen LogP contribution >= 0.6 is 0 Å². The van der Waals surface area contributed by atoms with Crippen LogP contribution in [0.3, 0.4) is 0 Å². The second-order valence-electron chi connectivity index (χ2n) is 5.97. The average molecular weight is 275 g/mol. The van der Waals surface area contributed by atoms with E-state index in [-0.39, 0.29) is 11.0 Å². The van der Waals surface area contributed by atoms with E-state index in [1.54, 1.807) is 7.11 Å². The Balaban J connectivity index is 2.43. The third-order valence-corrected chi connectivity index (χ3v) is 5.25. The lowest BCUT2D eigenvalue weighted by molar-refractivity contribution is -0.112. The van der Waals surface area contributed by atoms with Gasteiger partial charge < -0.3 is 10.1 Å². The van der Waals surface area contributed by atoms with Crippen molar-refractivity contribution in [3.63, 3.8) is 0 Å². The highest BCUT2D eigenvalue weighted by Crippen LogP contribution is 2.48. The zero-order valence-electron chi connectivity index (χ0n) is 12.7. The first-order valence-electron chi connectivity index (χ1n) is 7.48. The Morgan fingerprint density at radius 2 is 1.90 bits per heavy atom. The second kappa shape index (κ2) is 5.86. The maximum Gasteiger partial charge on any atom is 0.207 e. The van der Waals surface area contributed by atoms with E-state index in [4.69, 9.17) is 4.74 Å². The van der Waals surface area contributed by atoms with Gasteiger partial charge in [0.25, 0.3) is 0 Å². The minimum Gasteiger partial charge on any atom is -0.497 e. The minimum atomic E-state index is -0.137. The van der Waals surface area contributed by atoms with E-state index in [0.29, 0.717) is 0 Å². The van der Waals surface area contributed by atoms with E-state index in [0.717, 1.165) is 31.4 Å². The lowest BCUT2D eigenvalue weighted by atomic mass is 9.58. The van der Waals surface area contributed by atoms with Gasteiger partial charge in [-0.25, -0.2) is 0 Å². The summed E-state index contributed by atoms with van der Waals surface area (Å²) >= 11 is 0. The van der Waals surface area contributed by atoms with Gasteiger partial charge in [-0.05, 0) is 37.0 Å². The number of methoxy groups -OCH3 is 1. The van der Waals surface area contributed by atoms with Crippen molar-refractivity contribution in [2.24, 2.45) is 0 Å². The molecule has 0 saturated heterocycles. The van der Waals surface area contributed by atoms with Crippen molar-refractivity contribution in [1.82, 2.24) is 5.32 Å². The molecule has 1 aliphatic carbocycles. The third kappa shape index (κ3) is 2.30. The zero-order valence-corrected chi connectivity index (χ0v) is 12.7. The molecule has 1 N–H and O–H groups in total. The summed E-state index contributed by atoms with van der Waals surface area (Å²) in [6, 6.07) is 8.30. The molecule has 110 valence electrons. The lowest BCUT2D eigenvalue weighted by Gasteiger charge is -2.52. The molecule has 0 radical (unpaired) electrons. The molecule has 1 aromatic rings. The summed E-state index contributed by atoms with van der Waals surface area (Å²) < 4.78 is 5.24. The Labute approximate surface area is 121 Å². The van der Waals surface area contributed by atoms with E-state index >= 15 is 0 Å². The summed E-state index contributed by atoms with van der Waals surface area (Å²) in [4.78, 5) is 11.1. The van der Waals surface area contributed by atoms with Gasteiger partial charge in [-0.2, -0.15) is 0 Å². The average Bonchev–Trinajstić information content (AvgIpc) is 2.50. The Kier molecular flexibility index (Phi) is 4.36. The molecule has 1 fully saturated rings. The summed E-state index contributed by atoms with van der Waals surface area (Å²) in [5, 5.41) is 3.15. The van der Waals surface area contributed by atoms with Crippen LogP contribution in [0.25, 0.3) is 0 Å². The van der Waals surface area contributed by atoms with E-state index in [2.05, 4.69) is 31.3 Å². The quantitative estimate of drug-likeness (QED) is 0.836. The fourth-order valence-corrected chi connectivity index (χ4v) is 3.81. The SMILES string of the molecule is CCC1(NC=O)CCCCC1(C)c1ccc(OC)cc1. The van der Waals surface area contributed by atoms with E-state index in [1.165, 1.54) is 18.4 Å². The molecular weight excluding hydrogens is 250 g/mol. The highest BCUT2D eigenvalue weighted by atomic mass is 16.5. The summed E-state index contributed by atoms with van der Waals surface area (Å²) in [7, 11) is 1.68. The number of carbonyl (C=O) groups excluding carboxylic acids is 1. The van der Waals surface area contributed by atoms with Gasteiger partial charge in [0.15, 0.2) is 0 Å². The molecule has 2 atom stereocenters. The predicted octanol–water partition coefficient (Wildman–Crippen LogP) is 3.42. The number of rotatable bonds is 5. The van der Waals surface area contributed by atoms with Gasteiger partial charge in [0.1, 0.15) is 5.75 Å². The van der Waals surface area contributed by atoms with Crippen molar-refractivity contribution in [3.05, 3.63) is 29.8 Å². The van der Waals surface area contributed by atoms with E-state index in [9.17, 15) is 4.79 Å². The normalized spacial score (nSPS) is 29.8. The standard InChI is InChI=1S/C17H25NO2/c1-4-17(18-13-19)12-6-5-11-16(17,2)14-7-9-15(20-3)10-8-14/h7-10,13H,4-6,11-12H2,1-3H3,(H,18,19). The van der Waals surface area contributed by atoms with Gasteiger partial charge in [-0.3, -0.25) is 4.79 Å². The van der Waals surface area contributed by atoms with Gasteiger partial charge >= 0.3 is 0 Å². The van der Waals surface area contributed by atoms with Crippen LogP contribution in [0.4, 0.5) is 0 Å². The summed E-state index contributed by atoms with van der Waals surface area (Å²) in [5.74, 6) is 0.874. The Hall–Kier alpha value is -1.51. The molecule has 0 heterocycles. The molecule has 1 saturated carbocycles. The van der Waals surface area contributed by atoms with Gasteiger partial charge in [0.2, 0.25) is 6.41 Å². The van der Waals surface area contributed by atoms with Crippen LogP contribution in [0.1, 0.15) is 51.5 Å². The molecule has 0 spiro atoms. The fraction of sp³-hybridized carbons (Fsp3) is 0.588. The molecule has 3 nitrogen and oxygen atoms in total. The van der Waals surface area contributed by atoms with Gasteiger partial charge in [0, 0.05) is 11.0 Å². The highest BCUT2D eigenvalue weighted by Gasteiger charge is 2.49. The highest BCUT2D eigenvalue weighted by molar-refractivity contribution is 5.50. The van der Waals surface area contributed by atoms with Crippen LogP contribution < -0.4 is 10.1 Å². The number of hydrogen-bond acceptors (Lipinski definition) is 2. The summed E-state index contributed by atoms with van der Waals surface area (Å²) in [6.45, 7) is 4.46. The van der Waals surface area contributed by atoms with Gasteiger partial charge in [-0.1, -0.05) is 38.8 Å². The molecule has 1 aliphatic rings. The molecule has 2 unspecified atom stereocenters. The number of hydrogen-bond donors (Lipinski definition) is 1. The predicted molar refractivity (Wildman–Crippen MR) is 81.0 cm³/mol. The number of carbonyl (C=O) groups is 1. The first kappa shape index (κ1) is 14.9. The Morgan fingerprint density at radius 3 is 2.45 bits per heavy atom. The lowest BCUT2D eigenvalue weighted by Crippen LogP contribution is -2.60. The number of nitrogens with one attached hydrogen (secondary N) is 1. The van der Waals surface area contributed by atoms with Crippen molar-refractivity contribution in [2.75, 3.05) is 7.11 Å². The van der Waals surface area contributed by atoms with Crippen LogP contribution in [0.15, 0.2) is 24.3 Å². The van der Waals surface area contributed by atoms with Gasteiger partial charge in [0.05, 0.1) is 7.11 Å². The molecule has 1 aromatic carbocycles. The van der Waals surface area contributed by atoms with Crippen molar-refractivity contribution < 1.29 is 9.53 Å². The summed E-state index contributed by atoms with van der Waals surface area (Å²) in [6.07, 6.45) is 6.37. The van der Waals surface area contributed by atoms with Crippen LogP contribution in [-0.4, -0.2) is 19.1 Å².